The van der Waals surface area contributed by atoms with Gasteiger partial charge in [0.1, 0.15) is 11.4 Å². The normalized spacial score (nSPS) is 9.77. The number of anilines is 1. The van der Waals surface area contributed by atoms with E-state index in [1.807, 2.05) is 6.92 Å². The molecule has 1 rings (SSSR count). The van der Waals surface area contributed by atoms with Crippen molar-refractivity contribution in [2.75, 3.05) is 12.8 Å². The highest BCUT2D eigenvalue weighted by molar-refractivity contribution is 5.95. The summed E-state index contributed by atoms with van der Waals surface area (Å²) in [6.07, 6.45) is 0. The molecule has 0 aliphatic rings. The predicted molar refractivity (Wildman–Crippen MR) is 49.5 cm³/mol. The van der Waals surface area contributed by atoms with Crippen LogP contribution in [0.1, 0.15) is 21.6 Å². The summed E-state index contributed by atoms with van der Waals surface area (Å²) in [7, 11) is 1.32. The Bertz CT molecular complexity index is 324. The molecule has 0 radical (unpaired) electrons. The molecule has 0 aliphatic heterocycles. The summed E-state index contributed by atoms with van der Waals surface area (Å²) in [5.74, 6) is -0.216. The van der Waals surface area contributed by atoms with Crippen LogP contribution in [0.4, 0.5) is 5.82 Å². The van der Waals surface area contributed by atoms with Crippen LogP contribution in [0.2, 0.25) is 0 Å². The summed E-state index contributed by atoms with van der Waals surface area (Å²) in [6.45, 7) is 3.63. The molecule has 4 heteroatoms. The maximum Gasteiger partial charge on any atom is 0.341 e. The van der Waals surface area contributed by atoms with Gasteiger partial charge in [0.05, 0.1) is 7.11 Å². The summed E-state index contributed by atoms with van der Waals surface area (Å²) >= 11 is 0. The number of esters is 1. The number of aromatic nitrogens is 1. The molecule has 0 aromatic carbocycles. The van der Waals surface area contributed by atoms with Crippen LogP contribution in [-0.4, -0.2) is 18.1 Å². The van der Waals surface area contributed by atoms with Crippen LogP contribution in [0, 0.1) is 13.8 Å². The highest BCUT2D eigenvalue weighted by Gasteiger charge is 2.14. The molecule has 0 atom stereocenters. The van der Waals surface area contributed by atoms with Gasteiger partial charge in [-0.25, -0.2) is 9.78 Å². The minimum absolute atomic E-state index is 0.226. The number of pyridine rings is 1. The molecule has 0 fully saturated rings. The Kier molecular flexibility index (Phi) is 2.51. The van der Waals surface area contributed by atoms with Crippen molar-refractivity contribution < 1.29 is 9.53 Å². The van der Waals surface area contributed by atoms with Crippen LogP contribution in [0.15, 0.2) is 6.07 Å². The van der Waals surface area contributed by atoms with E-state index in [2.05, 4.69) is 9.72 Å². The van der Waals surface area contributed by atoms with Crippen LogP contribution in [0.3, 0.4) is 0 Å². The smallest absolute Gasteiger partial charge is 0.341 e. The Morgan fingerprint density at radius 1 is 1.54 bits per heavy atom. The number of methoxy groups -OCH3 is 1. The number of carbonyl (C=O) groups is 1. The Balaban J connectivity index is 3.28. The van der Waals surface area contributed by atoms with Gasteiger partial charge in [-0.05, 0) is 25.5 Å². The van der Waals surface area contributed by atoms with Crippen molar-refractivity contribution in [2.24, 2.45) is 0 Å². The zero-order valence-corrected chi connectivity index (χ0v) is 7.92. The van der Waals surface area contributed by atoms with Crippen molar-refractivity contribution in [1.82, 2.24) is 4.98 Å². The average molecular weight is 180 g/mol. The summed E-state index contributed by atoms with van der Waals surface area (Å²) in [6, 6.07) is 1.79. The molecule has 0 aliphatic carbocycles. The summed E-state index contributed by atoms with van der Waals surface area (Å²) < 4.78 is 4.58. The molecule has 4 nitrogen and oxygen atoms in total. The Hall–Kier alpha value is -1.58. The molecule has 0 amide bonds. The van der Waals surface area contributed by atoms with E-state index in [-0.39, 0.29) is 5.82 Å². The molecule has 13 heavy (non-hydrogen) atoms. The number of nitrogen functional groups attached to an aromatic ring is 1. The highest BCUT2D eigenvalue weighted by atomic mass is 16.5. The van der Waals surface area contributed by atoms with E-state index in [1.165, 1.54) is 7.11 Å². The van der Waals surface area contributed by atoms with Gasteiger partial charge in [0.15, 0.2) is 0 Å². The van der Waals surface area contributed by atoms with E-state index in [0.29, 0.717) is 5.56 Å². The number of ether oxygens (including phenoxy) is 1. The molecule has 0 saturated carbocycles. The number of rotatable bonds is 1. The first kappa shape index (κ1) is 9.51. The Morgan fingerprint density at radius 2 is 2.15 bits per heavy atom. The van der Waals surface area contributed by atoms with Crippen molar-refractivity contribution >= 4 is 11.8 Å². The number of carbonyl (C=O) groups excluding carboxylic acids is 1. The van der Waals surface area contributed by atoms with Gasteiger partial charge in [0, 0.05) is 5.69 Å². The van der Waals surface area contributed by atoms with Crippen LogP contribution in [-0.2, 0) is 4.74 Å². The van der Waals surface area contributed by atoms with Crippen molar-refractivity contribution in [1.29, 1.82) is 0 Å². The topological polar surface area (TPSA) is 65.2 Å². The molecule has 1 aromatic rings. The second-order valence-electron chi connectivity index (χ2n) is 2.83. The van der Waals surface area contributed by atoms with Gasteiger partial charge < -0.3 is 10.5 Å². The lowest BCUT2D eigenvalue weighted by Crippen LogP contribution is -2.10. The quantitative estimate of drug-likeness (QED) is 0.656. The number of hydrogen-bond acceptors (Lipinski definition) is 4. The van der Waals surface area contributed by atoms with Gasteiger partial charge >= 0.3 is 5.97 Å². The van der Waals surface area contributed by atoms with E-state index in [9.17, 15) is 4.79 Å². The molecule has 0 spiro atoms. The lowest BCUT2D eigenvalue weighted by Gasteiger charge is -2.07. The minimum atomic E-state index is -0.442. The summed E-state index contributed by atoms with van der Waals surface area (Å²) in [4.78, 5) is 15.2. The van der Waals surface area contributed by atoms with E-state index in [1.54, 1.807) is 13.0 Å². The summed E-state index contributed by atoms with van der Waals surface area (Å²) in [5.41, 5.74) is 7.52. The van der Waals surface area contributed by atoms with Crippen LogP contribution < -0.4 is 5.73 Å². The number of aryl methyl sites for hydroxylation is 2. The zero-order chi connectivity index (χ0) is 10.0. The molecule has 2 N–H and O–H groups in total. The second-order valence-corrected chi connectivity index (χ2v) is 2.83. The fraction of sp³-hybridized carbons (Fsp3) is 0.333. The van der Waals surface area contributed by atoms with Gasteiger partial charge in [0.25, 0.3) is 0 Å². The largest absolute Gasteiger partial charge is 0.465 e. The molecule has 0 bridgehead atoms. The van der Waals surface area contributed by atoms with E-state index < -0.39 is 5.97 Å². The lowest BCUT2D eigenvalue weighted by atomic mass is 10.1. The molecule has 1 heterocycles. The molecular formula is C9H12N2O2. The number of nitrogens with two attached hydrogens (primary N) is 1. The standard InChI is InChI=1S/C9H12N2O2/c1-5-4-6(2)11-8(10)7(5)9(12)13-3/h4H,1-3H3,(H2,10,11). The molecule has 1 aromatic heterocycles. The third kappa shape index (κ3) is 1.77. The molecular weight excluding hydrogens is 168 g/mol. The lowest BCUT2D eigenvalue weighted by molar-refractivity contribution is 0.0601. The van der Waals surface area contributed by atoms with Gasteiger partial charge in [0.2, 0.25) is 0 Å². The predicted octanol–water partition coefficient (Wildman–Crippen LogP) is 1.07. The van der Waals surface area contributed by atoms with Crippen LogP contribution in [0.25, 0.3) is 0 Å². The van der Waals surface area contributed by atoms with Crippen LogP contribution in [0.5, 0.6) is 0 Å². The maximum atomic E-state index is 11.2. The van der Waals surface area contributed by atoms with Gasteiger partial charge in [-0.2, -0.15) is 0 Å². The summed E-state index contributed by atoms with van der Waals surface area (Å²) in [5, 5.41) is 0. The Labute approximate surface area is 76.7 Å². The Morgan fingerprint density at radius 3 is 2.62 bits per heavy atom. The third-order valence-electron chi connectivity index (χ3n) is 1.76. The third-order valence-corrected chi connectivity index (χ3v) is 1.76. The average Bonchev–Trinajstić information content (AvgIpc) is 2.02. The van der Waals surface area contributed by atoms with Crippen molar-refractivity contribution in [3.63, 3.8) is 0 Å². The van der Waals surface area contributed by atoms with E-state index in [0.717, 1.165) is 11.3 Å². The van der Waals surface area contributed by atoms with E-state index >= 15 is 0 Å². The van der Waals surface area contributed by atoms with Gasteiger partial charge in [-0.1, -0.05) is 0 Å². The SMILES string of the molecule is COC(=O)c1c(C)cc(C)nc1N. The monoisotopic (exact) mass is 180 g/mol. The zero-order valence-electron chi connectivity index (χ0n) is 7.92. The molecule has 70 valence electrons. The number of nitrogens with zero attached hydrogens (tertiary/aromatic N) is 1. The first-order chi connectivity index (χ1) is 6.06. The van der Waals surface area contributed by atoms with Crippen LogP contribution >= 0.6 is 0 Å². The van der Waals surface area contributed by atoms with Crippen molar-refractivity contribution in [3.8, 4) is 0 Å². The number of hydrogen-bond donors (Lipinski definition) is 1. The van der Waals surface area contributed by atoms with E-state index in [4.69, 9.17) is 5.73 Å². The van der Waals surface area contributed by atoms with Gasteiger partial charge in [-0.15, -0.1) is 0 Å². The van der Waals surface area contributed by atoms with Gasteiger partial charge in [-0.3, -0.25) is 0 Å². The fourth-order valence-electron chi connectivity index (χ4n) is 1.23. The first-order valence-electron chi connectivity index (χ1n) is 3.88. The molecule has 0 saturated heterocycles. The second kappa shape index (κ2) is 3.43. The van der Waals surface area contributed by atoms with Crippen molar-refractivity contribution in [3.05, 3.63) is 22.9 Å². The maximum absolute atomic E-state index is 11.2. The first-order valence-corrected chi connectivity index (χ1v) is 3.88. The molecule has 0 unspecified atom stereocenters. The fourth-order valence-corrected chi connectivity index (χ4v) is 1.23. The highest BCUT2D eigenvalue weighted by Crippen LogP contribution is 2.16. The minimum Gasteiger partial charge on any atom is -0.465 e. The van der Waals surface area contributed by atoms with Crippen molar-refractivity contribution in [2.45, 2.75) is 13.8 Å².